The minimum absolute atomic E-state index is 0.0634. The van der Waals surface area contributed by atoms with E-state index in [1.165, 1.54) is 6.26 Å². The molecular weight excluding hydrogens is 284 g/mol. The minimum atomic E-state index is -3.27. The summed E-state index contributed by atoms with van der Waals surface area (Å²) in [6.45, 7) is 5.64. The van der Waals surface area contributed by atoms with Gasteiger partial charge >= 0.3 is 0 Å². The van der Waals surface area contributed by atoms with Crippen LogP contribution >= 0.6 is 11.6 Å². The van der Waals surface area contributed by atoms with Crippen molar-refractivity contribution in [2.45, 2.75) is 30.5 Å². The molecule has 1 aliphatic rings. The number of sulfone groups is 1. The average molecular weight is 303 g/mol. The highest BCUT2D eigenvalue weighted by atomic mass is 35.5. The van der Waals surface area contributed by atoms with Crippen LogP contribution in [0.3, 0.4) is 0 Å². The fourth-order valence-electron chi connectivity index (χ4n) is 2.42. The fraction of sp³-hybridized carbons (Fsp3) is 0.615. The maximum absolute atomic E-state index is 11.8. The summed E-state index contributed by atoms with van der Waals surface area (Å²) in [6.07, 6.45) is 3.67. The largest absolute Gasteiger partial charge is 0.355 e. The predicted octanol–water partition coefficient (Wildman–Crippen LogP) is 2.33. The third kappa shape index (κ3) is 3.03. The molecule has 1 aliphatic heterocycles. The van der Waals surface area contributed by atoms with E-state index in [2.05, 4.69) is 18.8 Å². The first-order valence-electron chi connectivity index (χ1n) is 6.26. The summed E-state index contributed by atoms with van der Waals surface area (Å²) in [4.78, 5) is 6.58. The molecule has 19 heavy (non-hydrogen) atoms. The topological polar surface area (TPSA) is 50.3 Å². The molecule has 1 unspecified atom stereocenters. The molecule has 0 aromatic carbocycles. The van der Waals surface area contributed by atoms with Crippen molar-refractivity contribution in [2.75, 3.05) is 24.2 Å². The molecule has 0 aliphatic carbocycles. The molecule has 0 amide bonds. The summed E-state index contributed by atoms with van der Waals surface area (Å²) in [7, 11) is -3.27. The van der Waals surface area contributed by atoms with Crippen LogP contribution in [0.15, 0.2) is 23.2 Å². The van der Waals surface area contributed by atoms with Crippen molar-refractivity contribution in [3.8, 4) is 0 Å². The van der Waals surface area contributed by atoms with Gasteiger partial charge in [0.25, 0.3) is 0 Å². The Morgan fingerprint density at radius 1 is 1.47 bits per heavy atom. The molecule has 0 bridgehead atoms. The maximum atomic E-state index is 11.8. The molecule has 2 heterocycles. The Bertz CT molecular complexity index is 572. The molecule has 1 fully saturated rings. The number of nitrogens with zero attached hydrogens (tertiary/aromatic N) is 2. The molecule has 2 rings (SSSR count). The van der Waals surface area contributed by atoms with Crippen molar-refractivity contribution < 1.29 is 8.42 Å². The molecule has 1 saturated heterocycles. The molecule has 1 atom stereocenters. The molecular formula is C13H19ClN2O2S. The van der Waals surface area contributed by atoms with Crippen LogP contribution in [0.1, 0.15) is 20.3 Å². The standard InChI is InChI=1S/C13H19ClN2O2S/c1-13(2)9-16(8-6-11(13)14)12-10(19(3,17)18)5-4-7-15-12/h4-5,7,11H,6,8-9H2,1-3H3. The molecule has 0 radical (unpaired) electrons. The van der Waals surface area contributed by atoms with Gasteiger partial charge < -0.3 is 4.90 Å². The number of alkyl halides is 1. The minimum Gasteiger partial charge on any atom is -0.355 e. The number of hydrogen-bond acceptors (Lipinski definition) is 4. The van der Waals surface area contributed by atoms with E-state index in [0.29, 0.717) is 17.3 Å². The second kappa shape index (κ2) is 4.94. The Labute approximate surface area is 119 Å². The van der Waals surface area contributed by atoms with E-state index in [1.807, 2.05) is 4.90 Å². The van der Waals surface area contributed by atoms with Crippen LogP contribution in [-0.4, -0.2) is 38.1 Å². The van der Waals surface area contributed by atoms with E-state index in [-0.39, 0.29) is 10.8 Å². The van der Waals surface area contributed by atoms with Crippen LogP contribution in [0, 0.1) is 5.41 Å². The zero-order valence-corrected chi connectivity index (χ0v) is 13.0. The summed E-state index contributed by atoms with van der Waals surface area (Å²) in [5.74, 6) is 0.543. The van der Waals surface area contributed by atoms with Gasteiger partial charge in [0, 0.05) is 30.9 Å². The van der Waals surface area contributed by atoms with E-state index in [1.54, 1.807) is 18.3 Å². The summed E-state index contributed by atoms with van der Waals surface area (Å²) in [5, 5.41) is 0.106. The molecule has 6 heteroatoms. The first-order valence-corrected chi connectivity index (χ1v) is 8.59. The summed E-state index contributed by atoms with van der Waals surface area (Å²) in [6, 6.07) is 3.26. The van der Waals surface area contributed by atoms with Crippen molar-refractivity contribution in [3.63, 3.8) is 0 Å². The lowest BCUT2D eigenvalue weighted by molar-refractivity contribution is 0.299. The van der Waals surface area contributed by atoms with E-state index in [0.717, 1.165) is 13.0 Å². The van der Waals surface area contributed by atoms with Gasteiger partial charge in [-0.15, -0.1) is 11.6 Å². The van der Waals surface area contributed by atoms with Crippen molar-refractivity contribution in [2.24, 2.45) is 5.41 Å². The summed E-state index contributed by atoms with van der Waals surface area (Å²) in [5.41, 5.74) is -0.0634. The lowest BCUT2D eigenvalue weighted by Gasteiger charge is -2.42. The van der Waals surface area contributed by atoms with Gasteiger partial charge in [-0.2, -0.15) is 0 Å². The third-order valence-electron chi connectivity index (χ3n) is 3.55. The molecule has 0 spiro atoms. The molecule has 106 valence electrons. The van der Waals surface area contributed by atoms with Crippen LogP contribution in [0.25, 0.3) is 0 Å². The molecule has 1 aromatic rings. The Balaban J connectivity index is 2.39. The highest BCUT2D eigenvalue weighted by Gasteiger charge is 2.36. The number of anilines is 1. The smallest absolute Gasteiger partial charge is 0.179 e. The first kappa shape index (κ1) is 14.6. The van der Waals surface area contributed by atoms with Gasteiger partial charge in [-0.3, -0.25) is 0 Å². The van der Waals surface area contributed by atoms with Gasteiger partial charge in [-0.25, -0.2) is 13.4 Å². The van der Waals surface area contributed by atoms with Gasteiger partial charge in [-0.05, 0) is 24.0 Å². The van der Waals surface area contributed by atoms with E-state index < -0.39 is 9.84 Å². The third-order valence-corrected chi connectivity index (χ3v) is 5.48. The normalized spacial score (nSPS) is 23.4. The van der Waals surface area contributed by atoms with Crippen LogP contribution in [-0.2, 0) is 9.84 Å². The number of pyridine rings is 1. The monoisotopic (exact) mass is 302 g/mol. The number of aromatic nitrogens is 1. The molecule has 0 saturated carbocycles. The number of rotatable bonds is 2. The SMILES string of the molecule is CC1(C)CN(c2ncccc2S(C)(=O)=O)CCC1Cl. The van der Waals surface area contributed by atoms with Crippen molar-refractivity contribution in [3.05, 3.63) is 18.3 Å². The zero-order chi connectivity index (χ0) is 14.3. The Kier molecular flexibility index (Phi) is 3.80. The predicted molar refractivity (Wildman–Crippen MR) is 77.6 cm³/mol. The second-order valence-electron chi connectivity index (χ2n) is 5.76. The number of halogens is 1. The average Bonchev–Trinajstić information content (AvgIpc) is 2.31. The quantitative estimate of drug-likeness (QED) is 0.787. The zero-order valence-electron chi connectivity index (χ0n) is 11.4. The summed E-state index contributed by atoms with van der Waals surface area (Å²) < 4.78 is 23.7. The van der Waals surface area contributed by atoms with Crippen LogP contribution in [0.4, 0.5) is 5.82 Å². The fourth-order valence-corrected chi connectivity index (χ4v) is 3.43. The van der Waals surface area contributed by atoms with Gasteiger partial charge in [0.2, 0.25) is 0 Å². The van der Waals surface area contributed by atoms with Crippen LogP contribution in [0.5, 0.6) is 0 Å². The second-order valence-corrected chi connectivity index (χ2v) is 8.27. The highest BCUT2D eigenvalue weighted by Crippen LogP contribution is 2.36. The van der Waals surface area contributed by atoms with Gasteiger partial charge in [0.05, 0.1) is 0 Å². The van der Waals surface area contributed by atoms with Crippen LogP contribution < -0.4 is 4.90 Å². The molecule has 0 N–H and O–H groups in total. The van der Waals surface area contributed by atoms with Gasteiger partial charge in [0.15, 0.2) is 9.84 Å². The Morgan fingerprint density at radius 3 is 2.74 bits per heavy atom. The van der Waals surface area contributed by atoms with Crippen molar-refractivity contribution in [1.82, 2.24) is 4.98 Å². The van der Waals surface area contributed by atoms with Crippen molar-refractivity contribution >= 4 is 27.3 Å². The lowest BCUT2D eigenvalue weighted by atomic mass is 9.83. The Hall–Kier alpha value is -0.810. The Morgan fingerprint density at radius 2 is 2.16 bits per heavy atom. The summed E-state index contributed by atoms with van der Waals surface area (Å²) >= 11 is 6.33. The lowest BCUT2D eigenvalue weighted by Crippen LogP contribution is -2.47. The number of piperidine rings is 1. The van der Waals surface area contributed by atoms with Crippen LogP contribution in [0.2, 0.25) is 0 Å². The van der Waals surface area contributed by atoms with Gasteiger partial charge in [0.1, 0.15) is 10.7 Å². The van der Waals surface area contributed by atoms with E-state index in [4.69, 9.17) is 11.6 Å². The maximum Gasteiger partial charge on any atom is 0.179 e. The van der Waals surface area contributed by atoms with E-state index in [9.17, 15) is 8.42 Å². The van der Waals surface area contributed by atoms with Crippen molar-refractivity contribution in [1.29, 1.82) is 0 Å². The highest BCUT2D eigenvalue weighted by molar-refractivity contribution is 7.90. The van der Waals surface area contributed by atoms with Gasteiger partial charge in [-0.1, -0.05) is 13.8 Å². The molecule has 1 aromatic heterocycles. The molecule has 4 nitrogen and oxygen atoms in total. The number of hydrogen-bond donors (Lipinski definition) is 0. The first-order chi connectivity index (χ1) is 8.72. The van der Waals surface area contributed by atoms with E-state index >= 15 is 0 Å².